The number of nitrogens with zero attached hydrogens (tertiary/aromatic N) is 2. The van der Waals surface area contributed by atoms with Crippen LogP contribution in [0.4, 0.5) is 13.2 Å². The third-order valence-corrected chi connectivity index (χ3v) is 4.24. The molecule has 1 unspecified atom stereocenters. The van der Waals surface area contributed by atoms with Gasteiger partial charge in [-0.3, -0.25) is 0 Å². The van der Waals surface area contributed by atoms with Crippen molar-refractivity contribution in [3.63, 3.8) is 0 Å². The number of aryl methyl sites for hydroxylation is 1. The molecule has 1 aromatic heterocycles. The van der Waals surface area contributed by atoms with E-state index in [-0.39, 0.29) is 36.3 Å². The highest BCUT2D eigenvalue weighted by molar-refractivity contribution is 14.0. The molecule has 0 saturated heterocycles. The highest BCUT2D eigenvalue weighted by Gasteiger charge is 2.31. The number of hydrogen-bond donors (Lipinski definition) is 3. The number of nitrogens with one attached hydrogen (secondary N) is 2. The molecule has 1 atom stereocenters. The molecule has 0 aliphatic heterocycles. The molecule has 0 aliphatic rings. The van der Waals surface area contributed by atoms with Gasteiger partial charge in [0.1, 0.15) is 10.8 Å². The largest absolute Gasteiger partial charge is 0.573 e. The van der Waals surface area contributed by atoms with Gasteiger partial charge in [-0.15, -0.1) is 48.5 Å². The van der Waals surface area contributed by atoms with Crippen LogP contribution in [-0.4, -0.2) is 35.5 Å². The number of ether oxygens (including phenoxy) is 1. The molecular formula is C17H22F3IN4O2S. The summed E-state index contributed by atoms with van der Waals surface area (Å²) in [4.78, 5) is 9.75. The molecule has 2 rings (SSSR count). The second kappa shape index (κ2) is 11.4. The smallest absolute Gasteiger partial charge is 0.406 e. The first-order valence-corrected chi connectivity index (χ1v) is 9.05. The minimum atomic E-state index is -4.74. The Morgan fingerprint density at radius 1 is 1.29 bits per heavy atom. The van der Waals surface area contributed by atoms with Crippen LogP contribution in [0, 0.1) is 6.92 Å². The standard InChI is InChI=1S/C17H21F3N4O2S.HI/c1-3-21-16(24-10-15-22-8-11(2)27-15)23-9-14(25)12-4-6-13(7-5-12)26-17(18,19)20;/h4-8,14,25H,3,9-10H2,1-2H3,(H2,21,23,24);1H. The molecular weight excluding hydrogens is 508 g/mol. The first-order chi connectivity index (χ1) is 12.8. The Balaban J connectivity index is 0.00000392. The van der Waals surface area contributed by atoms with Gasteiger partial charge in [0.05, 0.1) is 12.6 Å². The van der Waals surface area contributed by atoms with E-state index in [4.69, 9.17) is 0 Å². The maximum absolute atomic E-state index is 12.2. The summed E-state index contributed by atoms with van der Waals surface area (Å²) in [5.41, 5.74) is 0.462. The molecule has 0 amide bonds. The average molecular weight is 530 g/mol. The van der Waals surface area contributed by atoms with Crippen LogP contribution in [0.25, 0.3) is 0 Å². The maximum Gasteiger partial charge on any atom is 0.573 e. The molecule has 6 nitrogen and oxygen atoms in total. The summed E-state index contributed by atoms with van der Waals surface area (Å²) in [7, 11) is 0. The lowest BCUT2D eigenvalue weighted by atomic mass is 10.1. The molecule has 0 fully saturated rings. The number of aromatic nitrogens is 1. The van der Waals surface area contributed by atoms with Gasteiger partial charge in [0.25, 0.3) is 0 Å². The van der Waals surface area contributed by atoms with Gasteiger partial charge in [-0.05, 0) is 31.5 Å². The van der Waals surface area contributed by atoms with Crippen molar-refractivity contribution in [3.05, 3.63) is 45.9 Å². The van der Waals surface area contributed by atoms with Crippen LogP contribution >= 0.6 is 35.3 Å². The van der Waals surface area contributed by atoms with Crippen molar-refractivity contribution in [2.24, 2.45) is 4.99 Å². The van der Waals surface area contributed by atoms with Crippen molar-refractivity contribution < 1.29 is 23.0 Å². The molecule has 0 bridgehead atoms. The zero-order chi connectivity index (χ0) is 19.9. The van der Waals surface area contributed by atoms with Crippen LogP contribution in [0.15, 0.2) is 35.5 Å². The molecule has 3 N–H and O–H groups in total. The van der Waals surface area contributed by atoms with Crippen molar-refractivity contribution >= 4 is 41.3 Å². The summed E-state index contributed by atoms with van der Waals surface area (Å²) in [6.45, 7) is 5.08. The van der Waals surface area contributed by atoms with Crippen LogP contribution in [0.3, 0.4) is 0 Å². The summed E-state index contributed by atoms with van der Waals surface area (Å²) < 4.78 is 40.3. The van der Waals surface area contributed by atoms with E-state index in [1.165, 1.54) is 12.1 Å². The molecule has 0 aliphatic carbocycles. The first kappa shape index (κ1) is 24.4. The summed E-state index contributed by atoms with van der Waals surface area (Å²) in [5, 5.41) is 17.2. The predicted octanol–water partition coefficient (Wildman–Crippen LogP) is 3.76. The number of halogens is 4. The highest BCUT2D eigenvalue weighted by atomic mass is 127. The Hall–Kier alpha value is -1.60. The van der Waals surface area contributed by atoms with Gasteiger partial charge in [-0.25, -0.2) is 9.98 Å². The van der Waals surface area contributed by atoms with Crippen LogP contribution < -0.4 is 15.4 Å². The van der Waals surface area contributed by atoms with Gasteiger partial charge in [-0.2, -0.15) is 0 Å². The quantitative estimate of drug-likeness (QED) is 0.289. The zero-order valence-electron chi connectivity index (χ0n) is 15.3. The Kier molecular flexibility index (Phi) is 9.96. The lowest BCUT2D eigenvalue weighted by molar-refractivity contribution is -0.274. The Morgan fingerprint density at radius 2 is 1.96 bits per heavy atom. The van der Waals surface area contributed by atoms with Crippen LogP contribution in [0.5, 0.6) is 5.75 Å². The molecule has 156 valence electrons. The van der Waals surface area contributed by atoms with E-state index in [0.717, 1.165) is 22.0 Å². The first-order valence-electron chi connectivity index (χ1n) is 8.24. The number of alkyl halides is 3. The van der Waals surface area contributed by atoms with Gasteiger partial charge >= 0.3 is 6.36 Å². The number of aliphatic hydroxyl groups excluding tert-OH is 1. The summed E-state index contributed by atoms with van der Waals surface area (Å²) in [6, 6.07) is 5.10. The molecule has 11 heteroatoms. The van der Waals surface area contributed by atoms with Crippen molar-refractivity contribution in [2.75, 3.05) is 13.1 Å². The monoisotopic (exact) mass is 530 g/mol. The van der Waals surface area contributed by atoms with Gasteiger partial charge in [0, 0.05) is 24.2 Å². The molecule has 0 radical (unpaired) electrons. The zero-order valence-corrected chi connectivity index (χ0v) is 18.4. The topological polar surface area (TPSA) is 78.8 Å². The van der Waals surface area contributed by atoms with Crippen molar-refractivity contribution in [1.82, 2.24) is 15.6 Å². The molecule has 28 heavy (non-hydrogen) atoms. The van der Waals surface area contributed by atoms with E-state index >= 15 is 0 Å². The van der Waals surface area contributed by atoms with Crippen molar-refractivity contribution in [3.8, 4) is 5.75 Å². The Labute approximate surface area is 182 Å². The molecule has 2 aromatic rings. The summed E-state index contributed by atoms with van der Waals surface area (Å²) in [6.07, 6.45) is -3.88. The lowest BCUT2D eigenvalue weighted by Crippen LogP contribution is -2.39. The number of aliphatic hydroxyl groups is 1. The van der Waals surface area contributed by atoms with Crippen LogP contribution in [0.2, 0.25) is 0 Å². The van der Waals surface area contributed by atoms with E-state index in [2.05, 4.69) is 25.3 Å². The Morgan fingerprint density at radius 3 is 2.50 bits per heavy atom. The third-order valence-electron chi connectivity index (χ3n) is 3.35. The lowest BCUT2D eigenvalue weighted by Gasteiger charge is -2.16. The second-order valence-corrected chi connectivity index (χ2v) is 6.89. The van der Waals surface area contributed by atoms with Crippen molar-refractivity contribution in [1.29, 1.82) is 0 Å². The number of aliphatic imine (C=N–C) groups is 1. The summed E-state index contributed by atoms with van der Waals surface area (Å²) >= 11 is 1.56. The summed E-state index contributed by atoms with van der Waals surface area (Å²) in [5.74, 6) is 0.182. The number of thiazole rings is 1. The second-order valence-electron chi connectivity index (χ2n) is 5.57. The molecule has 0 saturated carbocycles. The van der Waals surface area contributed by atoms with Crippen LogP contribution in [0.1, 0.15) is 28.5 Å². The normalized spacial score (nSPS) is 12.9. The molecule has 0 spiro atoms. The fraction of sp³-hybridized carbons (Fsp3) is 0.412. The molecule has 1 heterocycles. The fourth-order valence-corrected chi connectivity index (χ4v) is 2.88. The third kappa shape index (κ3) is 8.61. The number of guanidine groups is 1. The predicted molar refractivity (Wildman–Crippen MR) is 113 cm³/mol. The minimum Gasteiger partial charge on any atom is -0.406 e. The van der Waals surface area contributed by atoms with Crippen LogP contribution in [-0.2, 0) is 6.54 Å². The maximum atomic E-state index is 12.2. The van der Waals surface area contributed by atoms with Gasteiger partial charge < -0.3 is 20.5 Å². The number of rotatable bonds is 7. The molecule has 1 aromatic carbocycles. The van der Waals surface area contributed by atoms with Gasteiger partial charge in [-0.1, -0.05) is 12.1 Å². The van der Waals surface area contributed by atoms with E-state index in [1.54, 1.807) is 17.5 Å². The average Bonchev–Trinajstić information content (AvgIpc) is 3.01. The SMILES string of the molecule is CCNC(=NCc1ncc(C)s1)NCC(O)c1ccc(OC(F)(F)F)cc1.I. The van der Waals surface area contributed by atoms with Gasteiger partial charge in [0.2, 0.25) is 0 Å². The van der Waals surface area contributed by atoms with E-state index in [1.807, 2.05) is 13.8 Å². The highest BCUT2D eigenvalue weighted by Crippen LogP contribution is 2.24. The van der Waals surface area contributed by atoms with Crippen molar-refractivity contribution in [2.45, 2.75) is 32.9 Å². The van der Waals surface area contributed by atoms with E-state index in [0.29, 0.717) is 24.6 Å². The minimum absolute atomic E-state index is 0. The number of benzene rings is 1. The fourth-order valence-electron chi connectivity index (χ4n) is 2.17. The number of hydrogen-bond acceptors (Lipinski definition) is 5. The van der Waals surface area contributed by atoms with Gasteiger partial charge in [0.15, 0.2) is 5.96 Å². The van der Waals surface area contributed by atoms with E-state index < -0.39 is 12.5 Å². The van der Waals surface area contributed by atoms with E-state index in [9.17, 15) is 18.3 Å². The Bertz CT molecular complexity index is 754.